The minimum Gasteiger partial charge on any atom is -0.370 e. The van der Waals surface area contributed by atoms with Crippen molar-refractivity contribution in [1.82, 2.24) is 0 Å². The van der Waals surface area contributed by atoms with Crippen LogP contribution in [0.3, 0.4) is 0 Å². The van der Waals surface area contributed by atoms with Crippen LogP contribution in [0.4, 0.5) is 5.69 Å². The van der Waals surface area contributed by atoms with Crippen LogP contribution in [0, 0.1) is 0 Å². The zero-order valence-corrected chi connectivity index (χ0v) is 12.8. The van der Waals surface area contributed by atoms with E-state index in [1.165, 1.54) is 11.1 Å². The lowest BCUT2D eigenvalue weighted by atomic mass is 10.1. The molecule has 0 fully saturated rings. The van der Waals surface area contributed by atoms with Crippen LogP contribution in [-0.4, -0.2) is 7.05 Å². The Bertz CT molecular complexity index is 564. The Morgan fingerprint density at radius 2 is 1.70 bits per heavy atom. The van der Waals surface area contributed by atoms with Crippen LogP contribution in [0.15, 0.2) is 42.5 Å². The number of hydrogen-bond donors (Lipinski definition) is 1. The Labute approximate surface area is 126 Å². The van der Waals surface area contributed by atoms with Crippen LogP contribution >= 0.6 is 11.6 Å². The van der Waals surface area contributed by atoms with Crippen LogP contribution < -0.4 is 10.6 Å². The Kier molecular flexibility index (Phi) is 5.05. The first-order chi connectivity index (χ1) is 9.65. The van der Waals surface area contributed by atoms with Gasteiger partial charge >= 0.3 is 0 Å². The van der Waals surface area contributed by atoms with Crippen molar-refractivity contribution in [3.8, 4) is 0 Å². The standard InChI is InChI=1S/C17H21ClN2/c1-3-13-7-9-14(10-8-13)12-20(2)17-6-4-5-16(18)15(17)11-19/h4-10H,3,11-12,19H2,1-2H3. The molecule has 0 aliphatic carbocycles. The highest BCUT2D eigenvalue weighted by Gasteiger charge is 2.10. The van der Waals surface area contributed by atoms with Gasteiger partial charge in [0.05, 0.1) is 0 Å². The van der Waals surface area contributed by atoms with Crippen molar-refractivity contribution in [3.05, 3.63) is 64.2 Å². The lowest BCUT2D eigenvalue weighted by Gasteiger charge is -2.23. The van der Waals surface area contributed by atoms with Crippen LogP contribution in [0.1, 0.15) is 23.6 Å². The summed E-state index contributed by atoms with van der Waals surface area (Å²) in [5.41, 5.74) is 10.6. The van der Waals surface area contributed by atoms with Crippen molar-refractivity contribution in [1.29, 1.82) is 0 Å². The van der Waals surface area contributed by atoms with E-state index in [0.29, 0.717) is 6.54 Å². The van der Waals surface area contributed by atoms with Gasteiger partial charge in [0, 0.05) is 36.4 Å². The first-order valence-electron chi connectivity index (χ1n) is 6.92. The van der Waals surface area contributed by atoms with Gasteiger partial charge in [-0.3, -0.25) is 0 Å². The SMILES string of the molecule is CCc1ccc(CN(C)c2cccc(Cl)c2CN)cc1. The van der Waals surface area contributed by atoms with Crippen LogP contribution in [0.2, 0.25) is 5.02 Å². The van der Waals surface area contributed by atoms with Gasteiger partial charge in [0.15, 0.2) is 0 Å². The van der Waals surface area contributed by atoms with Crippen molar-refractivity contribution >= 4 is 17.3 Å². The Morgan fingerprint density at radius 3 is 2.30 bits per heavy atom. The molecule has 0 unspecified atom stereocenters. The smallest absolute Gasteiger partial charge is 0.0471 e. The monoisotopic (exact) mass is 288 g/mol. The average Bonchev–Trinajstić information content (AvgIpc) is 2.47. The zero-order chi connectivity index (χ0) is 14.5. The molecule has 2 nitrogen and oxygen atoms in total. The number of nitrogens with zero attached hydrogens (tertiary/aromatic N) is 1. The minimum absolute atomic E-state index is 0.452. The van der Waals surface area contributed by atoms with Crippen molar-refractivity contribution in [2.45, 2.75) is 26.4 Å². The summed E-state index contributed by atoms with van der Waals surface area (Å²) in [4.78, 5) is 2.19. The highest BCUT2D eigenvalue weighted by atomic mass is 35.5. The number of anilines is 1. The number of rotatable bonds is 5. The van der Waals surface area contributed by atoms with Gasteiger partial charge < -0.3 is 10.6 Å². The highest BCUT2D eigenvalue weighted by Crippen LogP contribution is 2.27. The number of hydrogen-bond acceptors (Lipinski definition) is 2. The fourth-order valence-corrected chi connectivity index (χ4v) is 2.59. The van der Waals surface area contributed by atoms with Gasteiger partial charge in [0.25, 0.3) is 0 Å². The maximum absolute atomic E-state index is 6.21. The molecule has 0 aliphatic heterocycles. The quantitative estimate of drug-likeness (QED) is 0.901. The van der Waals surface area contributed by atoms with E-state index in [-0.39, 0.29) is 0 Å². The van der Waals surface area contributed by atoms with E-state index in [4.69, 9.17) is 17.3 Å². The third-order valence-electron chi connectivity index (χ3n) is 3.56. The van der Waals surface area contributed by atoms with Gasteiger partial charge in [-0.25, -0.2) is 0 Å². The molecule has 0 radical (unpaired) electrons. The Hall–Kier alpha value is -1.51. The zero-order valence-electron chi connectivity index (χ0n) is 12.1. The summed E-state index contributed by atoms with van der Waals surface area (Å²) in [6.45, 7) is 3.46. The predicted octanol–water partition coefficient (Wildman–Crippen LogP) is 4.00. The second-order valence-electron chi connectivity index (χ2n) is 4.97. The van der Waals surface area contributed by atoms with E-state index in [0.717, 1.165) is 29.2 Å². The van der Waals surface area contributed by atoms with Crippen LogP contribution in [0.5, 0.6) is 0 Å². The van der Waals surface area contributed by atoms with Crippen molar-refractivity contribution in [3.63, 3.8) is 0 Å². The maximum Gasteiger partial charge on any atom is 0.0471 e. The fourth-order valence-electron chi connectivity index (χ4n) is 2.35. The topological polar surface area (TPSA) is 29.3 Å². The van der Waals surface area contributed by atoms with E-state index in [1.54, 1.807) is 0 Å². The summed E-state index contributed by atoms with van der Waals surface area (Å²) in [7, 11) is 2.07. The molecule has 2 aromatic rings. The second kappa shape index (κ2) is 6.78. The van der Waals surface area contributed by atoms with Crippen LogP contribution in [-0.2, 0) is 19.5 Å². The molecule has 2 N–H and O–H groups in total. The molecule has 0 aliphatic rings. The summed E-state index contributed by atoms with van der Waals surface area (Å²) >= 11 is 6.21. The molecule has 2 rings (SSSR count). The summed E-state index contributed by atoms with van der Waals surface area (Å²) < 4.78 is 0. The predicted molar refractivity (Wildman–Crippen MR) is 87.3 cm³/mol. The van der Waals surface area contributed by atoms with E-state index < -0.39 is 0 Å². The average molecular weight is 289 g/mol. The number of halogens is 1. The molecule has 0 saturated heterocycles. The third kappa shape index (κ3) is 3.33. The van der Waals surface area contributed by atoms with Gasteiger partial charge in [-0.05, 0) is 29.7 Å². The molecule has 3 heteroatoms. The summed E-state index contributed by atoms with van der Waals surface area (Å²) in [6, 6.07) is 14.7. The van der Waals surface area contributed by atoms with E-state index in [1.807, 2.05) is 12.1 Å². The lowest BCUT2D eigenvalue weighted by Crippen LogP contribution is -2.19. The molecule has 0 bridgehead atoms. The number of nitrogens with two attached hydrogens (primary N) is 1. The van der Waals surface area contributed by atoms with Gasteiger partial charge in [-0.1, -0.05) is 48.9 Å². The molecule has 0 saturated carbocycles. The van der Waals surface area contributed by atoms with Crippen molar-refractivity contribution in [2.75, 3.05) is 11.9 Å². The van der Waals surface area contributed by atoms with E-state index >= 15 is 0 Å². The largest absolute Gasteiger partial charge is 0.370 e. The summed E-state index contributed by atoms with van der Waals surface area (Å²) in [5.74, 6) is 0. The number of benzene rings is 2. The molecule has 106 valence electrons. The third-order valence-corrected chi connectivity index (χ3v) is 3.91. The van der Waals surface area contributed by atoms with Crippen molar-refractivity contribution < 1.29 is 0 Å². The summed E-state index contributed by atoms with van der Waals surface area (Å²) in [5, 5.41) is 0.734. The Morgan fingerprint density at radius 1 is 1.05 bits per heavy atom. The molecule has 2 aromatic carbocycles. The molecule has 0 amide bonds. The molecule has 0 heterocycles. The molecule has 0 spiro atoms. The first kappa shape index (κ1) is 14.9. The van der Waals surface area contributed by atoms with E-state index in [2.05, 4.69) is 49.2 Å². The van der Waals surface area contributed by atoms with Gasteiger partial charge in [-0.2, -0.15) is 0 Å². The molecule has 0 aromatic heterocycles. The first-order valence-corrected chi connectivity index (χ1v) is 7.30. The van der Waals surface area contributed by atoms with E-state index in [9.17, 15) is 0 Å². The maximum atomic E-state index is 6.21. The number of aryl methyl sites for hydroxylation is 1. The van der Waals surface area contributed by atoms with Crippen molar-refractivity contribution in [2.24, 2.45) is 5.73 Å². The van der Waals surface area contributed by atoms with Crippen LogP contribution in [0.25, 0.3) is 0 Å². The second-order valence-corrected chi connectivity index (χ2v) is 5.37. The summed E-state index contributed by atoms with van der Waals surface area (Å²) in [6.07, 6.45) is 1.07. The van der Waals surface area contributed by atoms with Gasteiger partial charge in [0.2, 0.25) is 0 Å². The minimum atomic E-state index is 0.452. The molecular weight excluding hydrogens is 268 g/mol. The molecule has 0 atom stereocenters. The lowest BCUT2D eigenvalue weighted by molar-refractivity contribution is 0.902. The fraction of sp³-hybridized carbons (Fsp3) is 0.294. The van der Waals surface area contributed by atoms with Gasteiger partial charge in [-0.15, -0.1) is 0 Å². The Balaban J connectivity index is 2.19. The normalized spacial score (nSPS) is 10.6. The molecule has 20 heavy (non-hydrogen) atoms. The molecular formula is C17H21ClN2. The highest BCUT2D eigenvalue weighted by molar-refractivity contribution is 6.31. The van der Waals surface area contributed by atoms with Gasteiger partial charge in [0.1, 0.15) is 0 Å².